The second-order valence-electron chi connectivity index (χ2n) is 7.70. The first-order valence-corrected chi connectivity index (χ1v) is 8.90. The van der Waals surface area contributed by atoms with E-state index in [1.165, 1.54) is 0 Å². The number of cyclic esters (lactones) is 1. The smallest absolute Gasteiger partial charge is 0.337 e. The van der Waals surface area contributed by atoms with E-state index in [4.69, 9.17) is 13.9 Å². The molecule has 0 unspecified atom stereocenters. The van der Waals surface area contributed by atoms with Crippen molar-refractivity contribution in [3.05, 3.63) is 35.3 Å². The number of ether oxygens (including phenoxy) is 2. The van der Waals surface area contributed by atoms with Crippen molar-refractivity contribution in [1.29, 1.82) is 0 Å². The summed E-state index contributed by atoms with van der Waals surface area (Å²) in [5.41, 5.74) is 0.559. The van der Waals surface area contributed by atoms with Gasteiger partial charge in [0.05, 0.1) is 23.4 Å². The zero-order chi connectivity index (χ0) is 17.3. The van der Waals surface area contributed by atoms with Crippen molar-refractivity contribution >= 4 is 11.9 Å². The molecule has 2 fully saturated rings. The average Bonchev–Trinajstić information content (AvgIpc) is 3.27. The minimum atomic E-state index is -0.785. The van der Waals surface area contributed by atoms with Crippen molar-refractivity contribution in [1.82, 2.24) is 0 Å². The summed E-state index contributed by atoms with van der Waals surface area (Å²) in [5, 5.41) is 10.3. The van der Waals surface area contributed by atoms with Crippen molar-refractivity contribution in [2.24, 2.45) is 17.3 Å². The monoisotopic (exact) mass is 344 g/mol. The molecule has 0 aromatic carbocycles. The van der Waals surface area contributed by atoms with E-state index < -0.39 is 23.6 Å². The van der Waals surface area contributed by atoms with Gasteiger partial charge in [-0.3, -0.25) is 4.79 Å². The zero-order valence-corrected chi connectivity index (χ0v) is 13.9. The molecule has 2 aliphatic heterocycles. The highest BCUT2D eigenvalue weighted by Gasteiger charge is 2.65. The summed E-state index contributed by atoms with van der Waals surface area (Å²) >= 11 is 0. The summed E-state index contributed by atoms with van der Waals surface area (Å²) in [5.74, 6) is -0.0640. The zero-order valence-electron chi connectivity index (χ0n) is 13.9. The molecule has 25 heavy (non-hydrogen) atoms. The van der Waals surface area contributed by atoms with Crippen LogP contribution in [0.5, 0.6) is 0 Å². The number of aliphatic hydroxyl groups excluding tert-OH is 1. The molecule has 3 heterocycles. The lowest BCUT2D eigenvalue weighted by atomic mass is 9.54. The van der Waals surface area contributed by atoms with Crippen LogP contribution < -0.4 is 0 Å². The average molecular weight is 344 g/mol. The van der Waals surface area contributed by atoms with Crippen LogP contribution >= 0.6 is 0 Å². The van der Waals surface area contributed by atoms with Gasteiger partial charge in [0.1, 0.15) is 11.9 Å². The van der Waals surface area contributed by atoms with Crippen LogP contribution in [0.2, 0.25) is 0 Å². The minimum Gasteiger partial charge on any atom is -0.465 e. The molecule has 2 aliphatic carbocycles. The van der Waals surface area contributed by atoms with Crippen LogP contribution in [0.1, 0.15) is 44.5 Å². The number of aliphatic hydroxyl groups is 1. The topological polar surface area (TPSA) is 86.0 Å². The summed E-state index contributed by atoms with van der Waals surface area (Å²) in [6.07, 6.45) is 2.36. The lowest BCUT2D eigenvalue weighted by Gasteiger charge is -2.47. The Morgan fingerprint density at radius 1 is 1.20 bits per heavy atom. The van der Waals surface area contributed by atoms with E-state index in [1.807, 2.05) is 13.0 Å². The maximum Gasteiger partial charge on any atom is 0.337 e. The Kier molecular flexibility index (Phi) is 3.02. The molecule has 0 bridgehead atoms. The number of carbonyl (C=O) groups excluding carboxylic acids is 2. The molecular weight excluding hydrogens is 324 g/mol. The standard InChI is InChI=1S/C19H20O6/c1-9-7-13-15-10(4-5-11(20)16(15)17(21)24-13)19(9)8-14(25-18(19)22)12-3-2-6-23-12/h2-3,6,9-11,13-14,20H,4-5,7-8H2,1H3/t9-,10-,11+,13-,14+,19-/m1/s1. The third-order valence-corrected chi connectivity index (χ3v) is 6.65. The van der Waals surface area contributed by atoms with Gasteiger partial charge in [0, 0.05) is 12.3 Å². The largest absolute Gasteiger partial charge is 0.465 e. The van der Waals surface area contributed by atoms with E-state index in [9.17, 15) is 14.7 Å². The van der Waals surface area contributed by atoms with Gasteiger partial charge in [-0.15, -0.1) is 0 Å². The fourth-order valence-corrected chi connectivity index (χ4v) is 5.49. The minimum absolute atomic E-state index is 0.0288. The van der Waals surface area contributed by atoms with Gasteiger partial charge < -0.3 is 19.0 Å². The summed E-state index contributed by atoms with van der Waals surface area (Å²) < 4.78 is 16.7. The van der Waals surface area contributed by atoms with Crippen molar-refractivity contribution in [2.75, 3.05) is 0 Å². The molecule has 1 aromatic heterocycles. The number of hydrogen-bond donors (Lipinski definition) is 1. The van der Waals surface area contributed by atoms with Gasteiger partial charge in [-0.1, -0.05) is 6.92 Å². The predicted molar refractivity (Wildman–Crippen MR) is 84.0 cm³/mol. The van der Waals surface area contributed by atoms with Gasteiger partial charge >= 0.3 is 11.9 Å². The number of carbonyl (C=O) groups is 2. The Bertz CT molecular complexity index is 778. The van der Waals surface area contributed by atoms with Crippen LogP contribution in [-0.4, -0.2) is 29.3 Å². The fraction of sp³-hybridized carbons (Fsp3) is 0.579. The Hall–Kier alpha value is -2.08. The highest BCUT2D eigenvalue weighted by atomic mass is 16.6. The normalized spacial score (nSPS) is 42.6. The molecule has 132 valence electrons. The van der Waals surface area contributed by atoms with Crippen molar-refractivity contribution < 1.29 is 28.6 Å². The van der Waals surface area contributed by atoms with E-state index in [0.717, 1.165) is 5.57 Å². The summed E-state index contributed by atoms with van der Waals surface area (Å²) in [6.45, 7) is 2.04. The van der Waals surface area contributed by atoms with Gasteiger partial charge in [-0.05, 0) is 42.9 Å². The van der Waals surface area contributed by atoms with E-state index in [1.54, 1.807) is 12.3 Å². The van der Waals surface area contributed by atoms with Gasteiger partial charge in [0.2, 0.25) is 0 Å². The number of furan rings is 1. The lowest BCUT2D eigenvalue weighted by Crippen LogP contribution is -2.50. The lowest BCUT2D eigenvalue weighted by molar-refractivity contribution is -0.157. The van der Waals surface area contributed by atoms with E-state index >= 15 is 0 Å². The highest BCUT2D eigenvalue weighted by molar-refractivity contribution is 5.95. The van der Waals surface area contributed by atoms with Gasteiger partial charge in [-0.2, -0.15) is 0 Å². The molecule has 6 heteroatoms. The van der Waals surface area contributed by atoms with E-state index in [2.05, 4.69) is 0 Å². The molecule has 1 saturated heterocycles. The van der Waals surface area contributed by atoms with Gasteiger partial charge in [0.15, 0.2) is 6.10 Å². The highest BCUT2D eigenvalue weighted by Crippen LogP contribution is 2.62. The molecule has 1 saturated carbocycles. The molecular formula is C19H20O6. The predicted octanol–water partition coefficient (Wildman–Crippen LogP) is 2.29. The molecule has 5 rings (SSSR count). The third kappa shape index (κ3) is 1.83. The molecule has 6 nitrogen and oxygen atoms in total. The molecule has 0 amide bonds. The van der Waals surface area contributed by atoms with Crippen molar-refractivity contribution in [3.8, 4) is 0 Å². The molecule has 1 N–H and O–H groups in total. The summed E-state index contributed by atoms with van der Waals surface area (Å²) in [4.78, 5) is 25.3. The summed E-state index contributed by atoms with van der Waals surface area (Å²) in [7, 11) is 0. The summed E-state index contributed by atoms with van der Waals surface area (Å²) in [6, 6.07) is 3.61. The van der Waals surface area contributed by atoms with Crippen LogP contribution in [0.15, 0.2) is 34.0 Å². The fourth-order valence-electron chi connectivity index (χ4n) is 5.49. The molecule has 1 aromatic rings. The van der Waals surface area contributed by atoms with Gasteiger partial charge in [0.25, 0.3) is 0 Å². The quantitative estimate of drug-likeness (QED) is 0.787. The van der Waals surface area contributed by atoms with Crippen LogP contribution in [0, 0.1) is 17.3 Å². The van der Waals surface area contributed by atoms with Crippen LogP contribution in [0.3, 0.4) is 0 Å². The first-order chi connectivity index (χ1) is 12.0. The number of esters is 2. The number of hydrogen-bond acceptors (Lipinski definition) is 6. The second-order valence-corrected chi connectivity index (χ2v) is 7.70. The Morgan fingerprint density at radius 3 is 2.80 bits per heavy atom. The number of rotatable bonds is 1. The Morgan fingerprint density at radius 2 is 2.04 bits per heavy atom. The van der Waals surface area contributed by atoms with E-state index in [0.29, 0.717) is 37.0 Å². The van der Waals surface area contributed by atoms with E-state index in [-0.39, 0.29) is 23.9 Å². The van der Waals surface area contributed by atoms with Gasteiger partial charge in [-0.25, -0.2) is 4.79 Å². The molecule has 4 aliphatic rings. The number of fused-ring (bicyclic) bond motifs is 1. The van der Waals surface area contributed by atoms with Crippen molar-refractivity contribution in [2.45, 2.75) is 50.9 Å². The van der Waals surface area contributed by atoms with Crippen LogP contribution in [0.4, 0.5) is 0 Å². The molecule has 0 radical (unpaired) electrons. The Balaban J connectivity index is 1.61. The van der Waals surface area contributed by atoms with Crippen molar-refractivity contribution in [3.63, 3.8) is 0 Å². The van der Waals surface area contributed by atoms with Crippen LogP contribution in [-0.2, 0) is 19.1 Å². The molecule has 1 spiro atoms. The second kappa shape index (κ2) is 4.97. The first kappa shape index (κ1) is 15.2. The maximum atomic E-state index is 13.0. The maximum absolute atomic E-state index is 13.0. The SMILES string of the molecule is C[C@@H]1C[C@H]2OC(=O)C3=C2[C@@H](CC[C@@H]3O)[C@@]12C[C@@H](c1ccco1)OC2=O. The molecule has 6 atom stereocenters. The first-order valence-electron chi connectivity index (χ1n) is 8.90. The third-order valence-electron chi connectivity index (χ3n) is 6.65. The van der Waals surface area contributed by atoms with Crippen LogP contribution in [0.25, 0.3) is 0 Å². The Labute approximate surface area is 144 Å².